The standard InChI is InChI=1S/C24H41N5O.HI/c1-20(22-7-5-4-6-8-22)29-15-11-23(12-16-29)27-24(25-2)26-19-21-9-13-28(14-10-21)17-18-30-3;/h4-8,20-21,23H,9-19H2,1-3H3,(H2,25,26,27);1H. The number of ether oxygens (including phenoxy) is 1. The van der Waals surface area contributed by atoms with Crippen molar-refractivity contribution in [2.45, 2.75) is 44.7 Å². The normalized spacial score (nSPS) is 20.8. The molecule has 0 aliphatic carbocycles. The molecule has 1 aromatic carbocycles. The summed E-state index contributed by atoms with van der Waals surface area (Å²) in [6.45, 7) is 9.85. The number of likely N-dealkylation sites (tertiary alicyclic amines) is 2. The van der Waals surface area contributed by atoms with Crippen molar-refractivity contribution in [3.63, 3.8) is 0 Å². The fourth-order valence-corrected chi connectivity index (χ4v) is 4.64. The zero-order valence-electron chi connectivity index (χ0n) is 19.6. The van der Waals surface area contributed by atoms with E-state index in [1.54, 1.807) is 7.11 Å². The molecule has 2 N–H and O–H groups in total. The van der Waals surface area contributed by atoms with Gasteiger partial charge in [0.25, 0.3) is 0 Å². The molecule has 0 bridgehead atoms. The first-order valence-electron chi connectivity index (χ1n) is 11.7. The van der Waals surface area contributed by atoms with E-state index in [2.05, 4.69) is 62.7 Å². The van der Waals surface area contributed by atoms with Gasteiger partial charge in [0, 0.05) is 52.4 Å². The molecule has 2 aliphatic heterocycles. The zero-order chi connectivity index (χ0) is 21.2. The number of nitrogens with one attached hydrogen (secondary N) is 2. The third-order valence-electron chi connectivity index (χ3n) is 6.80. The molecule has 0 aromatic heterocycles. The second-order valence-electron chi connectivity index (χ2n) is 8.77. The molecule has 7 heteroatoms. The quantitative estimate of drug-likeness (QED) is 0.299. The number of rotatable bonds is 8. The van der Waals surface area contributed by atoms with Crippen molar-refractivity contribution in [3.8, 4) is 0 Å². The van der Waals surface area contributed by atoms with Gasteiger partial charge in [0.2, 0.25) is 0 Å². The lowest BCUT2D eigenvalue weighted by molar-refractivity contribution is 0.120. The van der Waals surface area contributed by atoms with E-state index in [0.717, 1.165) is 57.5 Å². The van der Waals surface area contributed by atoms with E-state index in [1.807, 2.05) is 7.05 Å². The van der Waals surface area contributed by atoms with Gasteiger partial charge in [-0.15, -0.1) is 24.0 Å². The summed E-state index contributed by atoms with van der Waals surface area (Å²) in [5.41, 5.74) is 1.41. The third kappa shape index (κ3) is 8.51. The molecule has 0 spiro atoms. The van der Waals surface area contributed by atoms with Crippen LogP contribution in [0.5, 0.6) is 0 Å². The van der Waals surface area contributed by atoms with E-state index in [1.165, 1.54) is 31.5 Å². The number of hydrogen-bond acceptors (Lipinski definition) is 4. The number of piperidine rings is 2. The smallest absolute Gasteiger partial charge is 0.191 e. The van der Waals surface area contributed by atoms with Crippen LogP contribution < -0.4 is 10.6 Å². The highest BCUT2D eigenvalue weighted by Gasteiger charge is 2.24. The summed E-state index contributed by atoms with van der Waals surface area (Å²) in [5.74, 6) is 1.70. The summed E-state index contributed by atoms with van der Waals surface area (Å²) in [5, 5.41) is 7.25. The summed E-state index contributed by atoms with van der Waals surface area (Å²) in [7, 11) is 3.66. The van der Waals surface area contributed by atoms with Gasteiger partial charge in [-0.05, 0) is 57.2 Å². The van der Waals surface area contributed by atoms with Crippen LogP contribution in [0.25, 0.3) is 0 Å². The number of halogens is 1. The monoisotopic (exact) mass is 543 g/mol. The molecule has 0 amide bonds. The van der Waals surface area contributed by atoms with Crippen LogP contribution in [0, 0.1) is 5.92 Å². The second-order valence-corrected chi connectivity index (χ2v) is 8.77. The van der Waals surface area contributed by atoms with Crippen LogP contribution in [0.3, 0.4) is 0 Å². The van der Waals surface area contributed by atoms with Gasteiger partial charge in [0.15, 0.2) is 5.96 Å². The maximum Gasteiger partial charge on any atom is 0.191 e. The molecule has 1 unspecified atom stereocenters. The average molecular weight is 544 g/mol. The highest BCUT2D eigenvalue weighted by molar-refractivity contribution is 14.0. The maximum atomic E-state index is 5.20. The largest absolute Gasteiger partial charge is 0.383 e. The summed E-state index contributed by atoms with van der Waals surface area (Å²) in [4.78, 5) is 9.59. The lowest BCUT2D eigenvalue weighted by Crippen LogP contribution is -2.50. The van der Waals surface area contributed by atoms with Crippen LogP contribution >= 0.6 is 24.0 Å². The lowest BCUT2D eigenvalue weighted by atomic mass is 9.97. The Morgan fingerprint density at radius 1 is 1.10 bits per heavy atom. The van der Waals surface area contributed by atoms with E-state index >= 15 is 0 Å². The van der Waals surface area contributed by atoms with Crippen LogP contribution in [0.2, 0.25) is 0 Å². The predicted octanol–water partition coefficient (Wildman–Crippen LogP) is 3.35. The predicted molar refractivity (Wildman–Crippen MR) is 140 cm³/mol. The molecule has 1 atom stereocenters. The molecule has 2 saturated heterocycles. The van der Waals surface area contributed by atoms with Crippen LogP contribution in [-0.2, 0) is 4.74 Å². The number of methoxy groups -OCH3 is 1. The van der Waals surface area contributed by atoms with E-state index in [4.69, 9.17) is 4.74 Å². The molecule has 1 aromatic rings. The van der Waals surface area contributed by atoms with Gasteiger partial charge in [0.05, 0.1) is 6.61 Å². The van der Waals surface area contributed by atoms with Crippen LogP contribution in [0.4, 0.5) is 0 Å². The Kier molecular flexibility index (Phi) is 12.1. The number of nitrogens with zero attached hydrogens (tertiary/aromatic N) is 3. The van der Waals surface area contributed by atoms with Crippen molar-refractivity contribution < 1.29 is 4.74 Å². The van der Waals surface area contributed by atoms with Crippen molar-refractivity contribution in [1.29, 1.82) is 0 Å². The number of aliphatic imine (C=N–C) groups is 1. The first-order chi connectivity index (χ1) is 14.7. The van der Waals surface area contributed by atoms with Gasteiger partial charge >= 0.3 is 0 Å². The average Bonchev–Trinajstić information content (AvgIpc) is 2.81. The Morgan fingerprint density at radius 2 is 1.77 bits per heavy atom. The number of hydrogen-bond donors (Lipinski definition) is 2. The molecule has 0 radical (unpaired) electrons. The van der Waals surface area contributed by atoms with Crippen molar-refractivity contribution in [2.75, 3.05) is 60.0 Å². The zero-order valence-corrected chi connectivity index (χ0v) is 21.9. The lowest BCUT2D eigenvalue weighted by Gasteiger charge is -2.37. The highest BCUT2D eigenvalue weighted by atomic mass is 127. The molecular weight excluding hydrogens is 501 g/mol. The van der Waals surface area contributed by atoms with E-state index in [9.17, 15) is 0 Å². The SMILES string of the molecule is CN=C(NCC1CCN(CCOC)CC1)NC1CCN(C(C)c2ccccc2)CC1.I. The molecule has 2 fully saturated rings. The first-order valence-corrected chi connectivity index (χ1v) is 11.7. The van der Waals surface area contributed by atoms with E-state index in [0.29, 0.717) is 12.1 Å². The van der Waals surface area contributed by atoms with Crippen LogP contribution in [-0.4, -0.2) is 81.8 Å². The Labute approximate surface area is 206 Å². The van der Waals surface area contributed by atoms with E-state index < -0.39 is 0 Å². The molecule has 2 heterocycles. The van der Waals surface area contributed by atoms with Crippen LogP contribution in [0.1, 0.15) is 44.2 Å². The Hall–Kier alpha value is -0.900. The molecule has 0 saturated carbocycles. The fourth-order valence-electron chi connectivity index (χ4n) is 4.64. The van der Waals surface area contributed by atoms with Gasteiger partial charge in [-0.1, -0.05) is 30.3 Å². The minimum absolute atomic E-state index is 0. The number of guanidine groups is 1. The summed E-state index contributed by atoms with van der Waals surface area (Å²) in [6, 6.07) is 11.8. The minimum atomic E-state index is 0. The van der Waals surface area contributed by atoms with Crippen molar-refractivity contribution in [3.05, 3.63) is 35.9 Å². The molecular formula is C24H42IN5O. The van der Waals surface area contributed by atoms with Gasteiger partial charge in [-0.25, -0.2) is 0 Å². The van der Waals surface area contributed by atoms with Crippen molar-refractivity contribution in [2.24, 2.45) is 10.9 Å². The molecule has 2 aliphatic rings. The molecule has 3 rings (SSSR count). The van der Waals surface area contributed by atoms with Crippen molar-refractivity contribution in [1.82, 2.24) is 20.4 Å². The van der Waals surface area contributed by atoms with Crippen molar-refractivity contribution >= 4 is 29.9 Å². The van der Waals surface area contributed by atoms with Gasteiger partial charge < -0.3 is 20.3 Å². The molecule has 176 valence electrons. The summed E-state index contributed by atoms with van der Waals surface area (Å²) in [6.07, 6.45) is 4.83. The Morgan fingerprint density at radius 3 is 2.39 bits per heavy atom. The van der Waals surface area contributed by atoms with Gasteiger partial charge in [0.1, 0.15) is 0 Å². The van der Waals surface area contributed by atoms with Gasteiger partial charge in [-0.3, -0.25) is 9.89 Å². The fraction of sp³-hybridized carbons (Fsp3) is 0.708. The molecule has 6 nitrogen and oxygen atoms in total. The topological polar surface area (TPSA) is 52.1 Å². The first kappa shape index (κ1) is 26.4. The highest BCUT2D eigenvalue weighted by Crippen LogP contribution is 2.24. The second kappa shape index (κ2) is 14.3. The number of benzene rings is 1. The van der Waals surface area contributed by atoms with Crippen LogP contribution in [0.15, 0.2) is 35.3 Å². The summed E-state index contributed by atoms with van der Waals surface area (Å²) < 4.78 is 5.20. The Bertz CT molecular complexity index is 628. The minimum Gasteiger partial charge on any atom is -0.383 e. The molecule has 31 heavy (non-hydrogen) atoms. The summed E-state index contributed by atoms with van der Waals surface area (Å²) >= 11 is 0. The van der Waals surface area contributed by atoms with E-state index in [-0.39, 0.29) is 24.0 Å². The maximum absolute atomic E-state index is 5.20. The van der Waals surface area contributed by atoms with Gasteiger partial charge in [-0.2, -0.15) is 0 Å². The Balaban J connectivity index is 0.00000341. The third-order valence-corrected chi connectivity index (χ3v) is 6.80.